The van der Waals surface area contributed by atoms with Crippen molar-refractivity contribution >= 4 is 11.1 Å². The van der Waals surface area contributed by atoms with Gasteiger partial charge in [0.2, 0.25) is 5.71 Å². The first-order valence-electron chi connectivity index (χ1n) is 2.67. The summed E-state index contributed by atoms with van der Waals surface area (Å²) in [5, 5.41) is 0.928. The maximum absolute atomic E-state index is 4.98. The Bertz CT molecular complexity index is 283. The van der Waals surface area contributed by atoms with Crippen LogP contribution in [0.1, 0.15) is 0 Å². The predicted molar refractivity (Wildman–Crippen MR) is 32.8 cm³/mol. The summed E-state index contributed by atoms with van der Waals surface area (Å²) >= 11 is 0. The average molecular weight is 118 g/mol. The van der Waals surface area contributed by atoms with Crippen LogP contribution in [0.15, 0.2) is 29.0 Å². The molecule has 0 N–H and O–H groups in total. The molecule has 2 heterocycles. The Hall–Kier alpha value is -1.31. The van der Waals surface area contributed by atoms with Crippen LogP contribution >= 0.6 is 0 Å². The Morgan fingerprint density at radius 3 is 3.44 bits per heavy atom. The van der Waals surface area contributed by atoms with Crippen LogP contribution in [0.4, 0.5) is 0 Å². The monoisotopic (exact) mass is 118 g/mol. The van der Waals surface area contributed by atoms with Gasteiger partial charge < -0.3 is 4.42 Å². The molecule has 1 radical (unpaired) electrons. The van der Waals surface area contributed by atoms with Crippen LogP contribution in [0.5, 0.6) is 0 Å². The van der Waals surface area contributed by atoms with E-state index in [9.17, 15) is 0 Å². The average Bonchev–Trinajstić information content (AvgIpc) is 2.33. The number of hydrogen-bond donors (Lipinski definition) is 0. The summed E-state index contributed by atoms with van der Waals surface area (Å²) in [5.74, 6) is 0. The zero-order valence-electron chi connectivity index (χ0n) is 4.66. The normalized spacial score (nSPS) is 10.2. The maximum atomic E-state index is 4.98. The first-order chi connectivity index (χ1) is 4.47. The zero-order valence-corrected chi connectivity index (χ0v) is 4.66. The first-order valence-corrected chi connectivity index (χ1v) is 2.67. The van der Waals surface area contributed by atoms with Gasteiger partial charge in [-0.1, -0.05) is 0 Å². The number of aromatic nitrogens is 1. The SMILES string of the molecule is [c]1ccnc2occc12. The minimum atomic E-state index is 0.650. The van der Waals surface area contributed by atoms with Crippen LogP contribution in [0.2, 0.25) is 0 Å². The topological polar surface area (TPSA) is 26.0 Å². The van der Waals surface area contributed by atoms with Gasteiger partial charge in [0.25, 0.3) is 0 Å². The second kappa shape index (κ2) is 1.58. The van der Waals surface area contributed by atoms with E-state index in [0.29, 0.717) is 5.71 Å². The van der Waals surface area contributed by atoms with E-state index in [2.05, 4.69) is 11.1 Å². The minimum absolute atomic E-state index is 0.650. The van der Waals surface area contributed by atoms with Crippen molar-refractivity contribution in [3.63, 3.8) is 0 Å². The van der Waals surface area contributed by atoms with Crippen molar-refractivity contribution < 1.29 is 4.42 Å². The molecule has 2 rings (SSSR count). The van der Waals surface area contributed by atoms with Gasteiger partial charge in [-0.25, -0.2) is 4.98 Å². The fraction of sp³-hybridized carbons (Fsp3) is 0. The molecule has 0 aliphatic heterocycles. The second-order valence-corrected chi connectivity index (χ2v) is 1.73. The highest BCUT2D eigenvalue weighted by Gasteiger charge is 1.91. The maximum Gasteiger partial charge on any atom is 0.226 e. The molecular weight excluding hydrogens is 114 g/mol. The fourth-order valence-corrected chi connectivity index (χ4v) is 0.743. The van der Waals surface area contributed by atoms with Crippen molar-refractivity contribution in [1.82, 2.24) is 4.98 Å². The molecule has 0 aliphatic carbocycles. The lowest BCUT2D eigenvalue weighted by Gasteiger charge is -1.79. The number of hydrogen-bond acceptors (Lipinski definition) is 2. The third kappa shape index (κ3) is 0.598. The number of pyridine rings is 1. The van der Waals surface area contributed by atoms with Crippen molar-refractivity contribution in [3.05, 3.63) is 30.7 Å². The lowest BCUT2D eigenvalue weighted by Crippen LogP contribution is -1.67. The summed E-state index contributed by atoms with van der Waals surface area (Å²) in [4.78, 5) is 3.94. The summed E-state index contributed by atoms with van der Waals surface area (Å²) in [5.41, 5.74) is 0.650. The van der Waals surface area contributed by atoms with Gasteiger partial charge in [0, 0.05) is 11.6 Å². The Balaban J connectivity index is 2.95. The molecule has 0 fully saturated rings. The van der Waals surface area contributed by atoms with Gasteiger partial charge >= 0.3 is 0 Å². The minimum Gasteiger partial charge on any atom is -0.446 e. The van der Waals surface area contributed by atoms with E-state index in [1.54, 1.807) is 18.5 Å². The summed E-state index contributed by atoms with van der Waals surface area (Å²) in [7, 11) is 0. The van der Waals surface area contributed by atoms with E-state index in [-0.39, 0.29) is 0 Å². The van der Waals surface area contributed by atoms with E-state index in [1.807, 2.05) is 6.07 Å². The third-order valence-electron chi connectivity index (χ3n) is 1.15. The second-order valence-electron chi connectivity index (χ2n) is 1.73. The fourth-order valence-electron chi connectivity index (χ4n) is 0.743. The van der Waals surface area contributed by atoms with Gasteiger partial charge in [-0.15, -0.1) is 0 Å². The van der Waals surface area contributed by atoms with Gasteiger partial charge in [-0.3, -0.25) is 0 Å². The van der Waals surface area contributed by atoms with Crippen LogP contribution in [0.25, 0.3) is 11.1 Å². The predicted octanol–water partition coefficient (Wildman–Crippen LogP) is 1.63. The van der Waals surface area contributed by atoms with Crippen molar-refractivity contribution in [2.45, 2.75) is 0 Å². The molecule has 0 aliphatic rings. The van der Waals surface area contributed by atoms with Crippen LogP contribution in [-0.2, 0) is 0 Å². The van der Waals surface area contributed by atoms with Crippen LogP contribution in [-0.4, -0.2) is 4.98 Å². The summed E-state index contributed by atoms with van der Waals surface area (Å²) in [6.07, 6.45) is 3.26. The Morgan fingerprint density at radius 2 is 2.56 bits per heavy atom. The lowest BCUT2D eigenvalue weighted by molar-refractivity contribution is 0.603. The first kappa shape index (κ1) is 4.56. The molecule has 2 nitrogen and oxygen atoms in total. The van der Waals surface area contributed by atoms with E-state index in [1.165, 1.54) is 0 Å². The van der Waals surface area contributed by atoms with Crippen LogP contribution < -0.4 is 0 Å². The molecule has 2 aromatic rings. The number of fused-ring (bicyclic) bond motifs is 1. The van der Waals surface area contributed by atoms with Crippen molar-refractivity contribution in [2.24, 2.45) is 0 Å². The summed E-state index contributed by atoms with van der Waals surface area (Å²) in [6, 6.07) is 6.57. The van der Waals surface area contributed by atoms with Crippen molar-refractivity contribution in [3.8, 4) is 0 Å². The number of furan rings is 1. The Labute approximate surface area is 52.1 Å². The molecule has 2 heteroatoms. The molecule has 43 valence electrons. The van der Waals surface area contributed by atoms with E-state index in [4.69, 9.17) is 4.42 Å². The molecule has 2 aromatic heterocycles. The third-order valence-corrected chi connectivity index (χ3v) is 1.15. The Morgan fingerprint density at radius 1 is 1.56 bits per heavy atom. The van der Waals surface area contributed by atoms with Crippen LogP contribution in [0.3, 0.4) is 0 Å². The largest absolute Gasteiger partial charge is 0.446 e. The molecular formula is C7H4NO. The number of rotatable bonds is 0. The lowest BCUT2D eigenvalue weighted by atomic mass is 10.4. The standard InChI is InChI=1S/C7H4NO/c1-2-6-3-5-9-7(6)8-4-1/h1,3-5H. The van der Waals surface area contributed by atoms with Gasteiger partial charge in [0.15, 0.2) is 0 Å². The highest BCUT2D eigenvalue weighted by Crippen LogP contribution is 2.08. The van der Waals surface area contributed by atoms with Crippen molar-refractivity contribution in [2.75, 3.05) is 0 Å². The molecule has 0 spiro atoms. The Kier molecular flexibility index (Phi) is 0.803. The molecule has 0 saturated carbocycles. The van der Waals surface area contributed by atoms with Gasteiger partial charge in [0.05, 0.1) is 6.26 Å². The van der Waals surface area contributed by atoms with E-state index >= 15 is 0 Å². The highest BCUT2D eigenvalue weighted by molar-refractivity contribution is 5.71. The van der Waals surface area contributed by atoms with Gasteiger partial charge in [-0.05, 0) is 18.2 Å². The van der Waals surface area contributed by atoms with Gasteiger partial charge in [0.1, 0.15) is 0 Å². The van der Waals surface area contributed by atoms with Crippen LogP contribution in [0, 0.1) is 6.07 Å². The quantitative estimate of drug-likeness (QED) is 0.525. The molecule has 0 bridgehead atoms. The van der Waals surface area contributed by atoms with E-state index in [0.717, 1.165) is 5.39 Å². The zero-order chi connectivity index (χ0) is 6.10. The molecule has 0 unspecified atom stereocenters. The molecule has 0 aromatic carbocycles. The molecule has 0 saturated heterocycles. The molecule has 0 amide bonds. The molecule has 0 atom stereocenters. The smallest absolute Gasteiger partial charge is 0.226 e. The van der Waals surface area contributed by atoms with Gasteiger partial charge in [-0.2, -0.15) is 0 Å². The van der Waals surface area contributed by atoms with E-state index < -0.39 is 0 Å². The number of nitrogens with zero attached hydrogens (tertiary/aromatic N) is 1. The summed E-state index contributed by atoms with van der Waals surface area (Å²) < 4.78 is 4.98. The summed E-state index contributed by atoms with van der Waals surface area (Å²) in [6.45, 7) is 0. The molecule has 9 heavy (non-hydrogen) atoms. The van der Waals surface area contributed by atoms with Crippen molar-refractivity contribution in [1.29, 1.82) is 0 Å². The highest BCUT2D eigenvalue weighted by atomic mass is 16.3.